The first kappa shape index (κ1) is 19.4. The zero-order chi connectivity index (χ0) is 20.4. The van der Waals surface area contributed by atoms with Crippen molar-refractivity contribution in [3.05, 3.63) is 68.5 Å². The van der Waals surface area contributed by atoms with Gasteiger partial charge in [0.1, 0.15) is 6.04 Å². The number of non-ortho nitro benzene ring substituents is 1. The monoisotopic (exact) mass is 399 g/mol. The van der Waals surface area contributed by atoms with Gasteiger partial charge < -0.3 is 9.67 Å². The van der Waals surface area contributed by atoms with Crippen LogP contribution in [0.1, 0.15) is 35.3 Å². The number of aliphatic carboxylic acids is 1. The molecule has 0 fully saturated rings. The molecule has 1 amide bonds. The number of hydrogen-bond donors (Lipinski definition) is 1. The summed E-state index contributed by atoms with van der Waals surface area (Å²) in [7, 11) is 0. The average Bonchev–Trinajstić information content (AvgIpc) is 2.99. The van der Waals surface area contributed by atoms with Gasteiger partial charge >= 0.3 is 5.97 Å². The van der Waals surface area contributed by atoms with Gasteiger partial charge in [0.15, 0.2) is 4.80 Å². The fourth-order valence-corrected chi connectivity index (χ4v) is 3.94. The van der Waals surface area contributed by atoms with Crippen molar-refractivity contribution >= 4 is 39.1 Å². The molecule has 0 spiro atoms. The first-order valence-electron chi connectivity index (χ1n) is 8.49. The van der Waals surface area contributed by atoms with Gasteiger partial charge in [0.2, 0.25) is 0 Å². The number of nitro groups is 1. The zero-order valence-corrected chi connectivity index (χ0v) is 16.0. The number of thiazole rings is 1. The van der Waals surface area contributed by atoms with Crippen molar-refractivity contribution < 1.29 is 19.6 Å². The molecular formula is C19H17N3O5S. The van der Waals surface area contributed by atoms with E-state index in [1.54, 1.807) is 31.2 Å². The van der Waals surface area contributed by atoms with Crippen LogP contribution in [-0.4, -0.2) is 26.5 Å². The number of amides is 1. The van der Waals surface area contributed by atoms with Gasteiger partial charge in [-0.15, -0.1) is 0 Å². The zero-order valence-electron chi connectivity index (χ0n) is 15.2. The minimum absolute atomic E-state index is 0.110. The van der Waals surface area contributed by atoms with E-state index in [0.717, 1.165) is 16.9 Å². The molecule has 28 heavy (non-hydrogen) atoms. The smallest absolute Gasteiger partial charge is 0.326 e. The lowest BCUT2D eigenvalue weighted by atomic mass is 10.1. The number of aromatic nitrogens is 1. The first-order chi connectivity index (χ1) is 13.3. The number of carbonyl (C=O) groups excluding carboxylic acids is 1. The van der Waals surface area contributed by atoms with Crippen molar-refractivity contribution in [2.45, 2.75) is 26.3 Å². The predicted octanol–water partition coefficient (Wildman–Crippen LogP) is 3.70. The van der Waals surface area contributed by atoms with Crippen LogP contribution in [0.4, 0.5) is 5.69 Å². The molecule has 8 nitrogen and oxygen atoms in total. The molecule has 144 valence electrons. The lowest BCUT2D eigenvalue weighted by Crippen LogP contribution is -2.27. The minimum Gasteiger partial charge on any atom is -0.480 e. The molecule has 3 rings (SSSR count). The molecule has 1 aromatic heterocycles. The van der Waals surface area contributed by atoms with Gasteiger partial charge in [-0.1, -0.05) is 36.0 Å². The lowest BCUT2D eigenvalue weighted by molar-refractivity contribution is -0.384. The second-order valence-corrected chi connectivity index (χ2v) is 7.22. The Hall–Kier alpha value is -3.33. The summed E-state index contributed by atoms with van der Waals surface area (Å²) >= 11 is 1.05. The number of nitro benzene ring substituents is 1. The number of fused-ring (bicyclic) bond motifs is 1. The number of rotatable bonds is 5. The molecule has 0 radical (unpaired) electrons. The van der Waals surface area contributed by atoms with Crippen molar-refractivity contribution in [3.63, 3.8) is 0 Å². The summed E-state index contributed by atoms with van der Waals surface area (Å²) in [6.45, 7) is 3.61. The van der Waals surface area contributed by atoms with Gasteiger partial charge in [0.25, 0.3) is 11.6 Å². The van der Waals surface area contributed by atoms with Crippen molar-refractivity contribution in [2.24, 2.45) is 4.99 Å². The fourth-order valence-electron chi connectivity index (χ4n) is 2.84. The number of aryl methyl sites for hydroxylation is 1. The predicted molar refractivity (Wildman–Crippen MR) is 105 cm³/mol. The molecule has 2 aromatic carbocycles. The second-order valence-electron chi connectivity index (χ2n) is 6.21. The molecule has 1 N–H and O–H groups in total. The Morgan fingerprint density at radius 3 is 2.50 bits per heavy atom. The molecule has 0 aliphatic carbocycles. The maximum absolute atomic E-state index is 12.6. The number of nitrogens with zero attached hydrogens (tertiary/aromatic N) is 3. The summed E-state index contributed by atoms with van der Waals surface area (Å²) in [5.74, 6) is -1.57. The number of hydrogen-bond acceptors (Lipinski definition) is 5. The number of carbonyl (C=O) groups is 2. The van der Waals surface area contributed by atoms with Crippen LogP contribution >= 0.6 is 11.3 Å². The fraction of sp³-hybridized carbons (Fsp3) is 0.211. The summed E-state index contributed by atoms with van der Waals surface area (Å²) < 4.78 is 1.95. The average molecular weight is 399 g/mol. The van der Waals surface area contributed by atoms with E-state index in [1.165, 1.54) is 22.8 Å². The Balaban J connectivity index is 2.24. The molecule has 0 saturated heterocycles. The van der Waals surface area contributed by atoms with Crippen LogP contribution in [0.25, 0.3) is 10.2 Å². The highest BCUT2D eigenvalue weighted by Crippen LogP contribution is 2.26. The molecule has 0 aliphatic rings. The van der Waals surface area contributed by atoms with E-state index >= 15 is 0 Å². The van der Waals surface area contributed by atoms with Crippen LogP contribution in [0.5, 0.6) is 0 Å². The van der Waals surface area contributed by atoms with Crippen LogP contribution in [-0.2, 0) is 4.79 Å². The second kappa shape index (κ2) is 7.73. The van der Waals surface area contributed by atoms with Gasteiger partial charge in [-0.2, -0.15) is 4.99 Å². The van der Waals surface area contributed by atoms with E-state index in [0.29, 0.717) is 15.8 Å². The molecule has 1 unspecified atom stereocenters. The van der Waals surface area contributed by atoms with E-state index in [2.05, 4.69) is 4.99 Å². The van der Waals surface area contributed by atoms with Gasteiger partial charge in [-0.05, 0) is 31.5 Å². The molecule has 3 aromatic rings. The van der Waals surface area contributed by atoms with Crippen LogP contribution in [0, 0.1) is 17.0 Å². The summed E-state index contributed by atoms with van der Waals surface area (Å²) in [6.07, 6.45) is 0.268. The van der Waals surface area contributed by atoms with Crippen molar-refractivity contribution in [2.75, 3.05) is 0 Å². The van der Waals surface area contributed by atoms with Crippen LogP contribution in [0.15, 0.2) is 47.5 Å². The van der Waals surface area contributed by atoms with E-state index in [4.69, 9.17) is 0 Å². The minimum atomic E-state index is -1.07. The number of benzene rings is 2. The summed E-state index contributed by atoms with van der Waals surface area (Å²) in [6, 6.07) is 10.1. The lowest BCUT2D eigenvalue weighted by Gasteiger charge is -2.13. The van der Waals surface area contributed by atoms with Crippen molar-refractivity contribution in [1.29, 1.82) is 0 Å². The Morgan fingerprint density at radius 2 is 1.93 bits per heavy atom. The summed E-state index contributed by atoms with van der Waals surface area (Å²) in [5, 5.41) is 20.7. The Morgan fingerprint density at radius 1 is 1.25 bits per heavy atom. The number of carboxylic acids is 1. The molecule has 0 aliphatic heterocycles. The van der Waals surface area contributed by atoms with Gasteiger partial charge in [0, 0.05) is 17.7 Å². The van der Waals surface area contributed by atoms with E-state index < -0.39 is 22.8 Å². The van der Waals surface area contributed by atoms with E-state index in [1.807, 2.05) is 6.92 Å². The molecule has 1 atom stereocenters. The highest BCUT2D eigenvalue weighted by atomic mass is 32.1. The Bertz CT molecular complexity index is 1140. The van der Waals surface area contributed by atoms with Crippen LogP contribution < -0.4 is 4.80 Å². The Kier molecular flexibility index (Phi) is 5.36. The molecule has 0 saturated carbocycles. The first-order valence-corrected chi connectivity index (χ1v) is 9.31. The van der Waals surface area contributed by atoms with Gasteiger partial charge in [-0.25, -0.2) is 4.79 Å². The number of carboxylic acid groups (broad SMARTS) is 1. The highest BCUT2D eigenvalue weighted by Gasteiger charge is 2.23. The van der Waals surface area contributed by atoms with Crippen LogP contribution in [0.3, 0.4) is 0 Å². The standard InChI is InChI=1S/C19H17N3O5S/c1-3-14(18(24)25)21-15-9-8-13(22(26)27)10-16(15)28-19(21)20-17(23)12-6-4-11(2)5-7-12/h4-10,14H,3H2,1-2H3,(H,24,25)/b20-19-. The van der Waals surface area contributed by atoms with Gasteiger partial charge in [0.05, 0.1) is 15.1 Å². The van der Waals surface area contributed by atoms with Crippen molar-refractivity contribution in [1.82, 2.24) is 4.57 Å². The quantitative estimate of drug-likeness (QED) is 0.519. The van der Waals surface area contributed by atoms with Gasteiger partial charge in [-0.3, -0.25) is 14.9 Å². The van der Waals surface area contributed by atoms with Crippen LogP contribution in [0.2, 0.25) is 0 Å². The molecule has 9 heteroatoms. The molecule has 0 bridgehead atoms. The molecule has 1 heterocycles. The van der Waals surface area contributed by atoms with E-state index in [9.17, 15) is 24.8 Å². The Labute approximate surface area is 163 Å². The summed E-state index contributed by atoms with van der Waals surface area (Å²) in [4.78, 5) is 39.2. The third kappa shape index (κ3) is 3.70. The third-order valence-electron chi connectivity index (χ3n) is 4.30. The van der Waals surface area contributed by atoms with E-state index in [-0.39, 0.29) is 16.9 Å². The van der Waals surface area contributed by atoms with Crippen molar-refractivity contribution in [3.8, 4) is 0 Å². The maximum Gasteiger partial charge on any atom is 0.326 e. The topological polar surface area (TPSA) is 115 Å². The largest absolute Gasteiger partial charge is 0.480 e. The SMILES string of the molecule is CCC(C(=O)O)n1/c(=N/C(=O)c2ccc(C)cc2)sc2cc([N+](=O)[O-])ccc21. The maximum atomic E-state index is 12.6. The highest BCUT2D eigenvalue weighted by molar-refractivity contribution is 7.16. The molecular weight excluding hydrogens is 382 g/mol. The summed E-state index contributed by atoms with van der Waals surface area (Å²) in [5.41, 5.74) is 1.75. The normalized spacial score (nSPS) is 12.9. The third-order valence-corrected chi connectivity index (χ3v) is 5.32.